The van der Waals surface area contributed by atoms with Gasteiger partial charge in [0.05, 0.1) is 18.1 Å². The number of benzene rings is 2. The Labute approximate surface area is 225 Å². The molecule has 0 spiro atoms. The number of alkyl halides is 3. The molecule has 2 atom stereocenters. The molecule has 0 N–H and O–H groups in total. The van der Waals surface area contributed by atoms with Crippen molar-refractivity contribution in [2.24, 2.45) is 4.99 Å². The number of carbonyl (C=O) groups is 1. The number of pyridine rings is 1. The third-order valence-electron chi connectivity index (χ3n) is 5.90. The topological polar surface area (TPSA) is 60.8 Å². The van der Waals surface area contributed by atoms with Gasteiger partial charge in [0.2, 0.25) is 0 Å². The predicted octanol–water partition coefficient (Wildman–Crippen LogP) is 7.72. The lowest BCUT2D eigenvalue weighted by Crippen LogP contribution is -2.17. The first-order chi connectivity index (χ1) is 18.2. The van der Waals surface area contributed by atoms with Crippen LogP contribution in [0.2, 0.25) is 5.02 Å². The van der Waals surface area contributed by atoms with Crippen molar-refractivity contribution in [1.29, 1.82) is 0 Å². The lowest BCUT2D eigenvalue weighted by molar-refractivity contribution is -0.274. The van der Waals surface area contributed by atoms with E-state index >= 15 is 0 Å². The van der Waals surface area contributed by atoms with E-state index in [1.165, 1.54) is 12.1 Å². The van der Waals surface area contributed by atoms with E-state index in [0.717, 1.165) is 35.2 Å². The molecule has 3 rings (SSSR count). The minimum absolute atomic E-state index is 0.00198. The maximum atomic E-state index is 12.7. The molecule has 0 amide bonds. The Morgan fingerprint density at radius 1 is 1.03 bits per heavy atom. The van der Waals surface area contributed by atoms with Gasteiger partial charge in [0.25, 0.3) is 0 Å². The van der Waals surface area contributed by atoms with Gasteiger partial charge in [-0.25, -0.2) is 0 Å². The van der Waals surface area contributed by atoms with Gasteiger partial charge >= 0.3 is 12.3 Å². The fourth-order valence-electron chi connectivity index (χ4n) is 4.28. The van der Waals surface area contributed by atoms with E-state index in [4.69, 9.17) is 16.3 Å². The second kappa shape index (κ2) is 14.0. The Morgan fingerprint density at radius 2 is 1.71 bits per heavy atom. The Morgan fingerprint density at radius 3 is 2.29 bits per heavy atom. The molecule has 0 aliphatic rings. The Balaban J connectivity index is 1.88. The molecule has 2 aromatic carbocycles. The monoisotopic (exact) mass is 546 g/mol. The number of hydrogen-bond donors (Lipinski definition) is 0. The van der Waals surface area contributed by atoms with Crippen molar-refractivity contribution in [3.8, 4) is 5.75 Å². The lowest BCUT2D eigenvalue weighted by atomic mass is 9.76. The fraction of sp³-hybridized carbons (Fsp3) is 0.345. The molecule has 0 fully saturated rings. The number of aliphatic imine (C=N–C) groups is 1. The largest absolute Gasteiger partial charge is 0.573 e. The molecule has 0 bridgehead atoms. The zero-order chi connectivity index (χ0) is 27.5. The van der Waals surface area contributed by atoms with Crippen molar-refractivity contribution in [2.75, 3.05) is 13.2 Å². The van der Waals surface area contributed by atoms with Crippen LogP contribution in [-0.2, 0) is 9.53 Å². The van der Waals surface area contributed by atoms with E-state index in [1.807, 2.05) is 30.3 Å². The number of aromatic nitrogens is 1. The summed E-state index contributed by atoms with van der Waals surface area (Å²) in [6.07, 6.45) is 0.472. The standard InChI is InChI=1S/C29H30ClF3N2O3/c1-3-5-25(21-8-6-20(7-9-21)18-34-17-16-27(36)37-4-2)28(26-15-12-23(30)19-35-26)22-10-13-24(14-11-22)38-29(31,32)33/h6-15,18-19,25,28H,3-5,16-17H2,1-2H3. The summed E-state index contributed by atoms with van der Waals surface area (Å²) >= 11 is 6.08. The number of ether oxygens (including phenoxy) is 2. The van der Waals surface area contributed by atoms with E-state index in [1.54, 1.807) is 37.5 Å². The van der Waals surface area contributed by atoms with E-state index in [0.29, 0.717) is 18.2 Å². The van der Waals surface area contributed by atoms with E-state index in [2.05, 4.69) is 21.6 Å². The van der Waals surface area contributed by atoms with Crippen LogP contribution in [0.4, 0.5) is 13.2 Å². The third-order valence-corrected chi connectivity index (χ3v) is 6.12. The zero-order valence-electron chi connectivity index (χ0n) is 21.2. The van der Waals surface area contributed by atoms with Gasteiger partial charge in [-0.15, -0.1) is 13.2 Å². The summed E-state index contributed by atoms with van der Waals surface area (Å²) in [6, 6.07) is 17.5. The van der Waals surface area contributed by atoms with Gasteiger partial charge in [-0.1, -0.05) is 61.3 Å². The van der Waals surface area contributed by atoms with E-state index in [9.17, 15) is 18.0 Å². The van der Waals surface area contributed by atoms with Crippen LogP contribution >= 0.6 is 11.6 Å². The fourth-order valence-corrected chi connectivity index (χ4v) is 4.39. The van der Waals surface area contributed by atoms with Crippen LogP contribution < -0.4 is 4.74 Å². The second-order valence-corrected chi connectivity index (χ2v) is 9.08. The number of nitrogens with zero attached hydrogens (tertiary/aromatic N) is 2. The van der Waals surface area contributed by atoms with Crippen LogP contribution in [0.3, 0.4) is 0 Å². The minimum atomic E-state index is -4.76. The van der Waals surface area contributed by atoms with Crippen molar-refractivity contribution < 1.29 is 27.4 Å². The average Bonchev–Trinajstić information content (AvgIpc) is 2.88. The third kappa shape index (κ3) is 8.87. The molecule has 1 aromatic heterocycles. The number of esters is 1. The van der Waals surface area contributed by atoms with Gasteiger partial charge in [0.1, 0.15) is 5.75 Å². The summed E-state index contributed by atoms with van der Waals surface area (Å²) in [5, 5.41) is 0.500. The van der Waals surface area contributed by atoms with Gasteiger partial charge < -0.3 is 9.47 Å². The summed E-state index contributed by atoms with van der Waals surface area (Å²) < 4.78 is 47.0. The molecule has 9 heteroatoms. The van der Waals surface area contributed by atoms with Gasteiger partial charge in [-0.05, 0) is 60.2 Å². The van der Waals surface area contributed by atoms with Gasteiger partial charge in [-0.2, -0.15) is 0 Å². The molecular weight excluding hydrogens is 517 g/mol. The maximum Gasteiger partial charge on any atom is 0.573 e. The molecule has 0 aliphatic heterocycles. The quantitative estimate of drug-likeness (QED) is 0.172. The molecule has 0 radical (unpaired) electrons. The molecule has 2 unspecified atom stereocenters. The van der Waals surface area contributed by atoms with Gasteiger partial charge in [0, 0.05) is 30.6 Å². The normalized spacial score (nSPS) is 13.3. The second-order valence-electron chi connectivity index (χ2n) is 8.65. The number of halogens is 4. The summed E-state index contributed by atoms with van der Waals surface area (Å²) in [5.41, 5.74) is 3.54. The average molecular weight is 547 g/mol. The van der Waals surface area contributed by atoms with Crippen molar-refractivity contribution in [1.82, 2.24) is 4.98 Å². The molecule has 5 nitrogen and oxygen atoms in total. The minimum Gasteiger partial charge on any atom is -0.466 e. The molecule has 0 saturated carbocycles. The Kier molecular flexibility index (Phi) is 10.7. The van der Waals surface area contributed by atoms with Crippen molar-refractivity contribution in [3.63, 3.8) is 0 Å². The highest BCUT2D eigenvalue weighted by Crippen LogP contribution is 2.41. The summed E-state index contributed by atoms with van der Waals surface area (Å²) in [5.74, 6) is -0.779. The highest BCUT2D eigenvalue weighted by atomic mass is 35.5. The van der Waals surface area contributed by atoms with Crippen LogP contribution in [0.5, 0.6) is 5.75 Å². The molecule has 1 heterocycles. The van der Waals surface area contributed by atoms with Crippen LogP contribution in [0, 0.1) is 0 Å². The van der Waals surface area contributed by atoms with Gasteiger partial charge in [0.15, 0.2) is 0 Å². The smallest absolute Gasteiger partial charge is 0.466 e. The molecule has 202 valence electrons. The van der Waals surface area contributed by atoms with Crippen LogP contribution in [-0.4, -0.2) is 36.7 Å². The first-order valence-corrected chi connectivity index (χ1v) is 12.8. The predicted molar refractivity (Wildman–Crippen MR) is 142 cm³/mol. The molecule has 38 heavy (non-hydrogen) atoms. The van der Waals surface area contributed by atoms with Crippen LogP contribution in [0.15, 0.2) is 71.9 Å². The van der Waals surface area contributed by atoms with Crippen molar-refractivity contribution >= 4 is 23.8 Å². The van der Waals surface area contributed by atoms with Crippen molar-refractivity contribution in [3.05, 3.63) is 94.3 Å². The SMILES string of the molecule is CCCC(c1ccc(C=NCCC(=O)OCC)cc1)C(c1ccc(OC(F)(F)F)cc1)c1ccc(Cl)cn1. The molecule has 0 saturated heterocycles. The highest BCUT2D eigenvalue weighted by molar-refractivity contribution is 6.30. The zero-order valence-corrected chi connectivity index (χ0v) is 22.0. The highest BCUT2D eigenvalue weighted by Gasteiger charge is 2.32. The lowest BCUT2D eigenvalue weighted by Gasteiger charge is -2.28. The molecule has 0 aliphatic carbocycles. The Bertz CT molecular complexity index is 1180. The first-order valence-electron chi connectivity index (χ1n) is 12.4. The summed E-state index contributed by atoms with van der Waals surface area (Å²) in [6.45, 7) is 4.54. The van der Waals surface area contributed by atoms with Crippen molar-refractivity contribution in [2.45, 2.75) is 51.3 Å². The number of rotatable bonds is 12. The molecular formula is C29H30ClF3N2O3. The van der Waals surface area contributed by atoms with Crippen LogP contribution in [0.25, 0.3) is 0 Å². The van der Waals surface area contributed by atoms with E-state index in [-0.39, 0.29) is 30.0 Å². The summed E-state index contributed by atoms with van der Waals surface area (Å²) in [4.78, 5) is 20.3. The number of hydrogen-bond acceptors (Lipinski definition) is 5. The Hall–Kier alpha value is -3.39. The van der Waals surface area contributed by atoms with Crippen LogP contribution in [0.1, 0.15) is 67.3 Å². The first kappa shape index (κ1) is 29.2. The summed E-state index contributed by atoms with van der Waals surface area (Å²) in [7, 11) is 0. The molecule has 3 aromatic rings. The van der Waals surface area contributed by atoms with Gasteiger partial charge in [-0.3, -0.25) is 14.8 Å². The van der Waals surface area contributed by atoms with E-state index < -0.39 is 6.36 Å². The maximum absolute atomic E-state index is 12.7. The number of carbonyl (C=O) groups excluding carboxylic acids is 1.